The van der Waals surface area contributed by atoms with E-state index in [2.05, 4.69) is 20.6 Å². The molecule has 2 heterocycles. The predicted octanol–water partition coefficient (Wildman–Crippen LogP) is 1.65. The second-order valence-corrected chi connectivity index (χ2v) is 5.55. The van der Waals surface area contributed by atoms with Crippen molar-refractivity contribution in [3.05, 3.63) is 42.2 Å². The van der Waals surface area contributed by atoms with Gasteiger partial charge in [0.25, 0.3) is 5.91 Å². The maximum absolute atomic E-state index is 12.5. The highest BCUT2D eigenvalue weighted by Gasteiger charge is 2.20. The quantitative estimate of drug-likeness (QED) is 0.878. The number of nitrogens with zero attached hydrogens (tertiary/aromatic N) is 3. The van der Waals surface area contributed by atoms with E-state index in [1.807, 2.05) is 0 Å². The van der Waals surface area contributed by atoms with Crippen LogP contribution < -0.4 is 10.6 Å². The van der Waals surface area contributed by atoms with Crippen molar-refractivity contribution in [2.24, 2.45) is 0 Å². The maximum atomic E-state index is 12.5. The molecule has 8 nitrogen and oxygen atoms in total. The fourth-order valence-electron chi connectivity index (χ4n) is 2.44. The summed E-state index contributed by atoms with van der Waals surface area (Å²) in [5, 5.41) is 5.75. The van der Waals surface area contributed by atoms with Crippen molar-refractivity contribution in [3.8, 4) is 0 Å². The Bertz CT molecular complexity index is 757. The Hall–Kier alpha value is -3.00. The summed E-state index contributed by atoms with van der Waals surface area (Å²) in [6.07, 6.45) is 1.55. The number of ether oxygens (including phenoxy) is 1. The summed E-state index contributed by atoms with van der Waals surface area (Å²) in [6, 6.07) is 8.73. The van der Waals surface area contributed by atoms with Crippen LogP contribution in [-0.2, 0) is 9.53 Å². The van der Waals surface area contributed by atoms with Crippen LogP contribution in [0.5, 0.6) is 0 Å². The Labute approximate surface area is 145 Å². The molecule has 1 saturated heterocycles. The van der Waals surface area contributed by atoms with Gasteiger partial charge in [0.1, 0.15) is 5.69 Å². The lowest BCUT2D eigenvalue weighted by atomic mass is 10.3. The highest BCUT2D eigenvalue weighted by molar-refractivity contribution is 5.92. The summed E-state index contributed by atoms with van der Waals surface area (Å²) in [7, 11) is 0. The zero-order chi connectivity index (χ0) is 17.6. The number of rotatable bonds is 4. The molecule has 0 atom stereocenters. The molecule has 2 N–H and O–H groups in total. The van der Waals surface area contributed by atoms with Gasteiger partial charge in [-0.05, 0) is 30.3 Å². The molecule has 130 valence electrons. The third-order valence-corrected chi connectivity index (χ3v) is 3.63. The van der Waals surface area contributed by atoms with Gasteiger partial charge in [-0.3, -0.25) is 9.59 Å². The summed E-state index contributed by atoms with van der Waals surface area (Å²) in [5.74, 6) is 0.0829. The second kappa shape index (κ2) is 7.71. The zero-order valence-electron chi connectivity index (χ0n) is 13.9. The van der Waals surface area contributed by atoms with E-state index < -0.39 is 0 Å². The standard InChI is InChI=1S/C17H19N5O3/c1-12(23)19-13-2-4-14(5-3-13)20-17-18-7-6-15(21-17)16(24)22-8-10-25-11-9-22/h2-7H,8-11H2,1H3,(H,19,23)(H,18,20,21). The van der Waals surface area contributed by atoms with Crippen molar-refractivity contribution in [2.45, 2.75) is 6.92 Å². The van der Waals surface area contributed by atoms with Crippen LogP contribution in [-0.4, -0.2) is 53.0 Å². The fraction of sp³-hybridized carbons (Fsp3) is 0.294. The molecule has 0 aliphatic carbocycles. The van der Waals surface area contributed by atoms with Crippen LogP contribution in [0.3, 0.4) is 0 Å². The van der Waals surface area contributed by atoms with Gasteiger partial charge in [0.05, 0.1) is 13.2 Å². The lowest BCUT2D eigenvalue weighted by Gasteiger charge is -2.26. The minimum absolute atomic E-state index is 0.127. The molecule has 3 rings (SSSR count). The van der Waals surface area contributed by atoms with Crippen LogP contribution in [0.1, 0.15) is 17.4 Å². The first-order chi connectivity index (χ1) is 12.1. The van der Waals surface area contributed by atoms with Gasteiger partial charge in [0.2, 0.25) is 11.9 Å². The van der Waals surface area contributed by atoms with E-state index in [1.54, 1.807) is 41.4 Å². The minimum Gasteiger partial charge on any atom is -0.378 e. The molecule has 0 radical (unpaired) electrons. The largest absolute Gasteiger partial charge is 0.378 e. The van der Waals surface area contributed by atoms with Crippen molar-refractivity contribution in [2.75, 3.05) is 36.9 Å². The van der Waals surface area contributed by atoms with Crippen LogP contribution in [0.15, 0.2) is 36.5 Å². The third kappa shape index (κ3) is 4.51. The van der Waals surface area contributed by atoms with Gasteiger partial charge >= 0.3 is 0 Å². The van der Waals surface area contributed by atoms with E-state index >= 15 is 0 Å². The second-order valence-electron chi connectivity index (χ2n) is 5.55. The molecule has 0 spiro atoms. The van der Waals surface area contributed by atoms with Gasteiger partial charge in [-0.2, -0.15) is 0 Å². The predicted molar refractivity (Wildman–Crippen MR) is 92.8 cm³/mol. The Morgan fingerprint density at radius 3 is 2.44 bits per heavy atom. The molecule has 0 unspecified atom stereocenters. The molecule has 25 heavy (non-hydrogen) atoms. The molecule has 0 saturated carbocycles. The van der Waals surface area contributed by atoms with E-state index in [9.17, 15) is 9.59 Å². The summed E-state index contributed by atoms with van der Waals surface area (Å²) in [6.45, 7) is 3.68. The Kier molecular flexibility index (Phi) is 5.20. The lowest BCUT2D eigenvalue weighted by molar-refractivity contribution is -0.114. The van der Waals surface area contributed by atoms with Crippen LogP contribution in [0.25, 0.3) is 0 Å². The number of hydrogen-bond donors (Lipinski definition) is 2. The smallest absolute Gasteiger partial charge is 0.272 e. The number of morpholine rings is 1. The van der Waals surface area contributed by atoms with Gasteiger partial charge in [0, 0.05) is 37.6 Å². The van der Waals surface area contributed by atoms with Gasteiger partial charge in [0.15, 0.2) is 0 Å². The van der Waals surface area contributed by atoms with Crippen molar-refractivity contribution in [3.63, 3.8) is 0 Å². The topological polar surface area (TPSA) is 96.5 Å². The van der Waals surface area contributed by atoms with Crippen LogP contribution in [0, 0.1) is 0 Å². The molecule has 1 aliphatic heterocycles. The number of nitrogens with one attached hydrogen (secondary N) is 2. The molecule has 1 aromatic heterocycles. The monoisotopic (exact) mass is 341 g/mol. The fourth-order valence-corrected chi connectivity index (χ4v) is 2.44. The van der Waals surface area contributed by atoms with Crippen LogP contribution in [0.4, 0.5) is 17.3 Å². The summed E-state index contributed by atoms with van der Waals surface area (Å²) in [5.41, 5.74) is 1.80. The normalized spacial score (nSPS) is 14.0. The van der Waals surface area contributed by atoms with E-state index in [-0.39, 0.29) is 11.8 Å². The molecule has 0 bridgehead atoms. The maximum Gasteiger partial charge on any atom is 0.272 e. The van der Waals surface area contributed by atoms with E-state index in [1.165, 1.54) is 6.92 Å². The van der Waals surface area contributed by atoms with Gasteiger partial charge in [-0.1, -0.05) is 0 Å². The molecule has 1 aromatic carbocycles. The number of carbonyl (C=O) groups excluding carboxylic acids is 2. The minimum atomic E-state index is -0.130. The highest BCUT2D eigenvalue weighted by Crippen LogP contribution is 2.17. The molecule has 2 aromatic rings. The molecule has 1 aliphatic rings. The first-order valence-corrected chi connectivity index (χ1v) is 7.96. The molecule has 1 fully saturated rings. The van der Waals surface area contributed by atoms with E-state index in [0.717, 1.165) is 5.69 Å². The third-order valence-electron chi connectivity index (χ3n) is 3.63. The lowest BCUT2D eigenvalue weighted by Crippen LogP contribution is -2.41. The first kappa shape index (κ1) is 16.8. The van der Waals surface area contributed by atoms with Crippen molar-refractivity contribution in [1.29, 1.82) is 0 Å². The van der Waals surface area contributed by atoms with Gasteiger partial charge in [-0.15, -0.1) is 0 Å². The number of aromatic nitrogens is 2. The Balaban J connectivity index is 1.68. The number of anilines is 3. The van der Waals surface area contributed by atoms with Crippen LogP contribution >= 0.6 is 0 Å². The molecular weight excluding hydrogens is 322 g/mol. The molecule has 2 amide bonds. The SMILES string of the molecule is CC(=O)Nc1ccc(Nc2nccc(C(=O)N3CCOCC3)n2)cc1. The van der Waals surface area contributed by atoms with E-state index in [0.29, 0.717) is 43.6 Å². The summed E-state index contributed by atoms with van der Waals surface area (Å²) >= 11 is 0. The summed E-state index contributed by atoms with van der Waals surface area (Å²) in [4.78, 5) is 33.6. The van der Waals surface area contributed by atoms with Crippen molar-refractivity contribution < 1.29 is 14.3 Å². The Morgan fingerprint density at radius 1 is 1.08 bits per heavy atom. The average molecular weight is 341 g/mol. The number of amides is 2. The van der Waals surface area contributed by atoms with E-state index in [4.69, 9.17) is 4.74 Å². The van der Waals surface area contributed by atoms with Crippen molar-refractivity contribution in [1.82, 2.24) is 14.9 Å². The summed E-state index contributed by atoms with van der Waals surface area (Å²) < 4.78 is 5.26. The zero-order valence-corrected chi connectivity index (χ0v) is 13.9. The number of hydrogen-bond acceptors (Lipinski definition) is 6. The molecule has 8 heteroatoms. The first-order valence-electron chi connectivity index (χ1n) is 7.96. The highest BCUT2D eigenvalue weighted by atomic mass is 16.5. The van der Waals surface area contributed by atoms with Gasteiger partial charge < -0.3 is 20.3 Å². The van der Waals surface area contributed by atoms with Gasteiger partial charge in [-0.25, -0.2) is 9.97 Å². The molecular formula is C17H19N5O3. The van der Waals surface area contributed by atoms with Crippen LogP contribution in [0.2, 0.25) is 0 Å². The number of benzene rings is 1. The number of carbonyl (C=O) groups is 2. The van der Waals surface area contributed by atoms with Crippen molar-refractivity contribution >= 4 is 29.1 Å². The Morgan fingerprint density at radius 2 is 1.76 bits per heavy atom. The average Bonchev–Trinajstić information content (AvgIpc) is 2.63.